The van der Waals surface area contributed by atoms with Crippen LogP contribution in [0.3, 0.4) is 0 Å². The molecule has 0 radical (unpaired) electrons. The van der Waals surface area contributed by atoms with Gasteiger partial charge in [-0.25, -0.2) is 0 Å². The van der Waals surface area contributed by atoms with Crippen LogP contribution in [0.2, 0.25) is 0 Å². The van der Waals surface area contributed by atoms with Gasteiger partial charge >= 0.3 is 0 Å². The molecule has 2 heterocycles. The maximum atomic E-state index is 5.37. The fraction of sp³-hybridized carbons (Fsp3) is 0.706. The van der Waals surface area contributed by atoms with Gasteiger partial charge in [-0.1, -0.05) is 0 Å². The van der Waals surface area contributed by atoms with Crippen LogP contribution in [0.1, 0.15) is 31.9 Å². The van der Waals surface area contributed by atoms with Crippen LogP contribution >= 0.6 is 35.7 Å². The number of halogens is 1. The molecule has 24 heavy (non-hydrogen) atoms. The first kappa shape index (κ1) is 21.6. The van der Waals surface area contributed by atoms with Crippen molar-refractivity contribution in [3.63, 3.8) is 0 Å². The predicted molar refractivity (Wildman–Crippen MR) is 113 cm³/mol. The molecule has 2 rings (SSSR count). The van der Waals surface area contributed by atoms with E-state index in [2.05, 4.69) is 15.6 Å². The Hall–Kier alpha value is -0.410. The van der Waals surface area contributed by atoms with Crippen molar-refractivity contribution in [1.82, 2.24) is 10.6 Å². The molecule has 0 aromatic carbocycles. The normalized spacial score (nSPS) is 18.0. The molecule has 0 spiro atoms. The van der Waals surface area contributed by atoms with Crippen molar-refractivity contribution in [2.45, 2.75) is 38.6 Å². The van der Waals surface area contributed by atoms with E-state index in [0.717, 1.165) is 56.6 Å². The predicted octanol–water partition coefficient (Wildman–Crippen LogP) is 3.30. The van der Waals surface area contributed by atoms with E-state index in [9.17, 15) is 0 Å². The third kappa shape index (κ3) is 9.17. The molecule has 1 saturated heterocycles. The second-order valence-corrected chi connectivity index (χ2v) is 6.75. The molecule has 1 aliphatic rings. The summed E-state index contributed by atoms with van der Waals surface area (Å²) < 4.78 is 10.7. The molecule has 1 aromatic rings. The number of hydrogen-bond donors (Lipinski definition) is 2. The van der Waals surface area contributed by atoms with Gasteiger partial charge in [0.05, 0.1) is 6.26 Å². The molecule has 0 bridgehead atoms. The minimum atomic E-state index is 0. The monoisotopic (exact) mass is 467 g/mol. The van der Waals surface area contributed by atoms with Gasteiger partial charge in [0.25, 0.3) is 0 Å². The van der Waals surface area contributed by atoms with Crippen molar-refractivity contribution in [3.05, 3.63) is 24.2 Å². The van der Waals surface area contributed by atoms with E-state index in [0.29, 0.717) is 6.04 Å². The molecule has 0 amide bonds. The van der Waals surface area contributed by atoms with Gasteiger partial charge in [0.2, 0.25) is 0 Å². The fourth-order valence-electron chi connectivity index (χ4n) is 2.46. The first-order valence-corrected chi connectivity index (χ1v) is 9.76. The van der Waals surface area contributed by atoms with Crippen LogP contribution in [-0.2, 0) is 11.2 Å². The fourth-order valence-corrected chi connectivity index (χ4v) is 3.53. The maximum absolute atomic E-state index is 5.37. The molecule has 7 heteroatoms. The largest absolute Gasteiger partial charge is 0.469 e. The lowest BCUT2D eigenvalue weighted by Crippen LogP contribution is -2.46. The van der Waals surface area contributed by atoms with Crippen molar-refractivity contribution >= 4 is 41.7 Å². The Kier molecular flexibility index (Phi) is 12.5. The summed E-state index contributed by atoms with van der Waals surface area (Å²) in [6, 6.07) is 4.46. The lowest BCUT2D eigenvalue weighted by Gasteiger charge is -2.24. The molecule has 0 aliphatic carbocycles. The number of guanidine groups is 1. The van der Waals surface area contributed by atoms with Crippen LogP contribution in [0.15, 0.2) is 27.8 Å². The van der Waals surface area contributed by atoms with E-state index in [1.54, 1.807) is 6.26 Å². The Labute approximate surface area is 166 Å². The van der Waals surface area contributed by atoms with E-state index in [4.69, 9.17) is 9.15 Å². The molecule has 1 atom stereocenters. The minimum Gasteiger partial charge on any atom is -0.469 e. The second kappa shape index (κ2) is 13.8. The molecule has 1 fully saturated rings. The van der Waals surface area contributed by atoms with Gasteiger partial charge in [0.1, 0.15) is 5.76 Å². The van der Waals surface area contributed by atoms with Crippen molar-refractivity contribution in [2.75, 3.05) is 37.8 Å². The average molecular weight is 467 g/mol. The van der Waals surface area contributed by atoms with Crippen molar-refractivity contribution in [2.24, 2.45) is 4.99 Å². The third-order valence-electron chi connectivity index (χ3n) is 3.67. The molecule has 5 nitrogen and oxygen atoms in total. The zero-order chi connectivity index (χ0) is 16.2. The van der Waals surface area contributed by atoms with Crippen molar-refractivity contribution < 1.29 is 9.15 Å². The van der Waals surface area contributed by atoms with Crippen LogP contribution in [-0.4, -0.2) is 49.8 Å². The first-order valence-electron chi connectivity index (χ1n) is 8.61. The molecular weight excluding hydrogens is 437 g/mol. The Morgan fingerprint density at radius 1 is 1.50 bits per heavy atom. The zero-order valence-electron chi connectivity index (χ0n) is 14.5. The number of ether oxygens (including phenoxy) is 1. The summed E-state index contributed by atoms with van der Waals surface area (Å²) in [4.78, 5) is 4.68. The first-order chi connectivity index (χ1) is 11.4. The van der Waals surface area contributed by atoms with E-state index >= 15 is 0 Å². The number of nitrogens with zero attached hydrogens (tertiary/aromatic N) is 1. The van der Waals surface area contributed by atoms with Gasteiger partial charge < -0.3 is 19.8 Å². The smallest absolute Gasteiger partial charge is 0.191 e. The molecule has 1 unspecified atom stereocenters. The number of furan rings is 1. The van der Waals surface area contributed by atoms with Crippen LogP contribution in [0.5, 0.6) is 0 Å². The van der Waals surface area contributed by atoms with Gasteiger partial charge in [0, 0.05) is 44.5 Å². The SMILES string of the molecule is CCOCCCN=C(NCCc1ccco1)NC1CCCSC1.I. The topological polar surface area (TPSA) is 58.8 Å². The summed E-state index contributed by atoms with van der Waals surface area (Å²) in [5.41, 5.74) is 0. The summed E-state index contributed by atoms with van der Waals surface area (Å²) in [5.74, 6) is 4.37. The van der Waals surface area contributed by atoms with E-state index in [1.807, 2.05) is 30.8 Å². The molecule has 2 N–H and O–H groups in total. The minimum absolute atomic E-state index is 0. The summed E-state index contributed by atoms with van der Waals surface area (Å²) >= 11 is 2.02. The summed E-state index contributed by atoms with van der Waals surface area (Å²) in [6.07, 6.45) is 6.05. The lowest BCUT2D eigenvalue weighted by molar-refractivity contribution is 0.146. The Morgan fingerprint density at radius 2 is 2.42 bits per heavy atom. The Morgan fingerprint density at radius 3 is 3.12 bits per heavy atom. The molecule has 1 aromatic heterocycles. The number of thioether (sulfide) groups is 1. The number of aliphatic imine (C=N–C) groups is 1. The Balaban J connectivity index is 0.00000288. The highest BCUT2D eigenvalue weighted by Crippen LogP contribution is 2.16. The van der Waals surface area contributed by atoms with Crippen LogP contribution in [0, 0.1) is 0 Å². The standard InChI is InChI=1S/C17H29N3O2S.HI/c1-2-21-11-5-9-18-17(20-15-6-4-13-23-14-15)19-10-8-16-7-3-12-22-16;/h3,7,12,15H,2,4-6,8-11,13-14H2,1H3,(H2,18,19,20);1H. The number of hydrogen-bond acceptors (Lipinski definition) is 4. The number of rotatable bonds is 9. The third-order valence-corrected chi connectivity index (χ3v) is 4.88. The van der Waals surface area contributed by atoms with Crippen molar-refractivity contribution in [3.8, 4) is 0 Å². The zero-order valence-corrected chi connectivity index (χ0v) is 17.6. The molecule has 1 aliphatic heterocycles. The summed E-state index contributed by atoms with van der Waals surface area (Å²) in [5, 5.41) is 7.00. The number of nitrogens with one attached hydrogen (secondary N) is 2. The van der Waals surface area contributed by atoms with Gasteiger partial charge in [-0.05, 0) is 44.1 Å². The van der Waals surface area contributed by atoms with E-state index < -0.39 is 0 Å². The highest BCUT2D eigenvalue weighted by molar-refractivity contribution is 14.0. The van der Waals surface area contributed by atoms with E-state index in [-0.39, 0.29) is 24.0 Å². The van der Waals surface area contributed by atoms with Gasteiger partial charge in [-0.3, -0.25) is 4.99 Å². The van der Waals surface area contributed by atoms with Crippen LogP contribution in [0.4, 0.5) is 0 Å². The highest BCUT2D eigenvalue weighted by atomic mass is 127. The lowest BCUT2D eigenvalue weighted by atomic mass is 10.2. The second-order valence-electron chi connectivity index (χ2n) is 5.60. The molecular formula is C17H30IN3O2S. The molecule has 0 saturated carbocycles. The van der Waals surface area contributed by atoms with Gasteiger partial charge in [0.15, 0.2) is 5.96 Å². The van der Waals surface area contributed by atoms with E-state index in [1.165, 1.54) is 18.6 Å². The van der Waals surface area contributed by atoms with Crippen molar-refractivity contribution in [1.29, 1.82) is 0 Å². The van der Waals surface area contributed by atoms with Crippen LogP contribution in [0.25, 0.3) is 0 Å². The summed E-state index contributed by atoms with van der Waals surface area (Å²) in [6.45, 7) is 5.18. The van der Waals surface area contributed by atoms with Gasteiger partial charge in [-0.2, -0.15) is 11.8 Å². The highest BCUT2D eigenvalue weighted by Gasteiger charge is 2.14. The maximum Gasteiger partial charge on any atom is 0.191 e. The molecule has 138 valence electrons. The van der Waals surface area contributed by atoms with Crippen LogP contribution < -0.4 is 10.6 Å². The summed E-state index contributed by atoms with van der Waals surface area (Å²) in [7, 11) is 0. The van der Waals surface area contributed by atoms with Gasteiger partial charge in [-0.15, -0.1) is 24.0 Å². The average Bonchev–Trinajstić information content (AvgIpc) is 3.09. The quantitative estimate of drug-likeness (QED) is 0.253. The Bertz CT molecular complexity index is 437.